The second kappa shape index (κ2) is 5.74. The molecule has 2 fully saturated rings. The highest BCUT2D eigenvalue weighted by Crippen LogP contribution is 2.28. The third kappa shape index (κ3) is 2.56. The smallest absolute Gasteiger partial charge is 0.252 e. The van der Waals surface area contributed by atoms with Crippen molar-refractivity contribution in [3.63, 3.8) is 0 Å². The molecular weight excluding hydrogens is 318 g/mol. The minimum Gasteiger partial charge on any atom is -0.398 e. The van der Waals surface area contributed by atoms with E-state index in [4.69, 9.17) is 5.73 Å². The highest BCUT2D eigenvalue weighted by molar-refractivity contribution is 9.10. The molecule has 0 bridgehead atoms. The van der Waals surface area contributed by atoms with Gasteiger partial charge in [0.15, 0.2) is 0 Å². The first-order valence-electron chi connectivity index (χ1n) is 7.25. The number of amides is 1. The number of rotatable bonds is 2. The Labute approximate surface area is 127 Å². The number of nitrogen functional groups attached to an aromatic ring is 1. The van der Waals surface area contributed by atoms with Gasteiger partial charge in [-0.25, -0.2) is 0 Å². The second-order valence-electron chi connectivity index (χ2n) is 5.68. The number of benzene rings is 1. The van der Waals surface area contributed by atoms with Crippen molar-refractivity contribution in [1.29, 1.82) is 0 Å². The summed E-state index contributed by atoms with van der Waals surface area (Å²) in [5, 5.41) is 3.20. The highest BCUT2D eigenvalue weighted by Gasteiger charge is 2.36. The second-order valence-corrected chi connectivity index (χ2v) is 6.47. The number of nitrogens with zero attached hydrogens (tertiary/aromatic N) is 1. The molecule has 2 saturated heterocycles. The van der Waals surface area contributed by atoms with Gasteiger partial charge in [-0.15, -0.1) is 0 Å². The van der Waals surface area contributed by atoms with Crippen LogP contribution in [-0.4, -0.2) is 36.0 Å². The Balaban J connectivity index is 1.71. The fourth-order valence-electron chi connectivity index (χ4n) is 3.39. The number of hydrogen-bond acceptors (Lipinski definition) is 3. The maximum atomic E-state index is 12.4. The normalized spacial score (nSPS) is 26.2. The molecule has 20 heavy (non-hydrogen) atoms. The number of carbonyl (C=O) groups excluding carboxylic acids is 1. The van der Waals surface area contributed by atoms with Gasteiger partial charge in [0, 0.05) is 24.3 Å². The molecular formula is C15H20BrN3O. The lowest BCUT2D eigenvalue weighted by molar-refractivity contribution is 0.0914. The number of nitrogens with two attached hydrogens (primary N) is 1. The van der Waals surface area contributed by atoms with Crippen LogP contribution in [0.15, 0.2) is 22.7 Å². The largest absolute Gasteiger partial charge is 0.398 e. The molecule has 2 atom stereocenters. The topological polar surface area (TPSA) is 58.4 Å². The summed E-state index contributed by atoms with van der Waals surface area (Å²) in [6, 6.07) is 6.21. The molecule has 2 aliphatic heterocycles. The molecule has 3 N–H and O–H groups in total. The maximum absolute atomic E-state index is 12.4. The third-order valence-corrected chi connectivity index (χ3v) is 5.33. The minimum atomic E-state index is -0.0263. The Morgan fingerprint density at radius 2 is 2.15 bits per heavy atom. The summed E-state index contributed by atoms with van der Waals surface area (Å²) >= 11 is 3.40. The van der Waals surface area contributed by atoms with Gasteiger partial charge in [-0.1, -0.05) is 12.5 Å². The summed E-state index contributed by atoms with van der Waals surface area (Å²) in [6.45, 7) is 2.28. The van der Waals surface area contributed by atoms with Gasteiger partial charge in [0.25, 0.3) is 5.91 Å². The van der Waals surface area contributed by atoms with E-state index >= 15 is 0 Å². The Kier molecular flexibility index (Phi) is 3.98. The number of piperidine rings is 1. The zero-order valence-corrected chi connectivity index (χ0v) is 13.0. The average molecular weight is 338 g/mol. The molecule has 0 aromatic heterocycles. The van der Waals surface area contributed by atoms with E-state index in [1.165, 1.54) is 25.8 Å². The number of nitrogens with one attached hydrogen (secondary N) is 1. The van der Waals surface area contributed by atoms with E-state index in [9.17, 15) is 4.79 Å². The van der Waals surface area contributed by atoms with Crippen LogP contribution in [-0.2, 0) is 0 Å². The Bertz CT molecular complexity index is 520. The zero-order valence-electron chi connectivity index (χ0n) is 11.4. The van der Waals surface area contributed by atoms with Crippen molar-refractivity contribution in [3.05, 3.63) is 28.2 Å². The van der Waals surface area contributed by atoms with Crippen LogP contribution in [0, 0.1) is 0 Å². The molecule has 1 amide bonds. The first-order chi connectivity index (χ1) is 9.66. The minimum absolute atomic E-state index is 0.0263. The summed E-state index contributed by atoms with van der Waals surface area (Å²) in [5.74, 6) is -0.0263. The van der Waals surface area contributed by atoms with Crippen LogP contribution in [0.2, 0.25) is 0 Å². The molecule has 108 valence electrons. The van der Waals surface area contributed by atoms with E-state index in [1.807, 2.05) is 12.1 Å². The molecule has 0 aliphatic carbocycles. The molecule has 2 heterocycles. The van der Waals surface area contributed by atoms with E-state index in [0.29, 0.717) is 21.8 Å². The fourth-order valence-corrected chi connectivity index (χ4v) is 3.83. The molecule has 4 nitrogen and oxygen atoms in total. The van der Waals surface area contributed by atoms with Gasteiger partial charge >= 0.3 is 0 Å². The summed E-state index contributed by atoms with van der Waals surface area (Å²) in [5.41, 5.74) is 7.06. The van der Waals surface area contributed by atoms with Crippen molar-refractivity contribution in [2.24, 2.45) is 0 Å². The van der Waals surface area contributed by atoms with Crippen molar-refractivity contribution in [1.82, 2.24) is 10.2 Å². The van der Waals surface area contributed by atoms with Gasteiger partial charge in [-0.05, 0) is 53.9 Å². The molecule has 0 radical (unpaired) electrons. The quantitative estimate of drug-likeness (QED) is 0.814. The molecule has 0 saturated carbocycles. The van der Waals surface area contributed by atoms with Crippen LogP contribution in [0.25, 0.3) is 0 Å². The van der Waals surface area contributed by atoms with Gasteiger partial charge in [0.1, 0.15) is 0 Å². The Morgan fingerprint density at radius 1 is 1.30 bits per heavy atom. The molecule has 3 rings (SSSR count). The van der Waals surface area contributed by atoms with Crippen LogP contribution in [0.5, 0.6) is 0 Å². The van der Waals surface area contributed by atoms with Crippen molar-refractivity contribution >= 4 is 27.5 Å². The first-order valence-corrected chi connectivity index (χ1v) is 8.05. The number of anilines is 1. The molecule has 2 aliphatic rings. The zero-order chi connectivity index (χ0) is 14.1. The van der Waals surface area contributed by atoms with E-state index in [1.54, 1.807) is 6.07 Å². The Morgan fingerprint density at radius 3 is 3.00 bits per heavy atom. The monoisotopic (exact) mass is 337 g/mol. The van der Waals surface area contributed by atoms with Gasteiger partial charge in [-0.3, -0.25) is 9.69 Å². The summed E-state index contributed by atoms with van der Waals surface area (Å²) in [4.78, 5) is 14.9. The average Bonchev–Trinajstić information content (AvgIpc) is 2.85. The lowest BCUT2D eigenvalue weighted by Gasteiger charge is -2.32. The van der Waals surface area contributed by atoms with Crippen molar-refractivity contribution in [3.8, 4) is 0 Å². The highest BCUT2D eigenvalue weighted by atomic mass is 79.9. The van der Waals surface area contributed by atoms with Crippen LogP contribution >= 0.6 is 15.9 Å². The molecule has 1 aromatic carbocycles. The SMILES string of the molecule is Nc1cccc(C(=O)NC2CCN3CCCCC23)c1Br. The van der Waals surface area contributed by atoms with Crippen molar-refractivity contribution < 1.29 is 4.79 Å². The summed E-state index contributed by atoms with van der Waals surface area (Å²) < 4.78 is 0.691. The van der Waals surface area contributed by atoms with Crippen molar-refractivity contribution in [2.75, 3.05) is 18.8 Å². The summed E-state index contributed by atoms with van der Waals surface area (Å²) in [7, 11) is 0. The maximum Gasteiger partial charge on any atom is 0.252 e. The van der Waals surface area contributed by atoms with Gasteiger partial charge in [0.2, 0.25) is 0 Å². The van der Waals surface area contributed by atoms with E-state index in [2.05, 4.69) is 26.1 Å². The number of fused-ring (bicyclic) bond motifs is 1. The molecule has 1 aromatic rings. The molecule has 0 spiro atoms. The molecule has 2 unspecified atom stereocenters. The fraction of sp³-hybridized carbons (Fsp3) is 0.533. The Hall–Kier alpha value is -1.07. The van der Waals surface area contributed by atoms with Crippen LogP contribution < -0.4 is 11.1 Å². The first kappa shape index (κ1) is 13.9. The van der Waals surface area contributed by atoms with Gasteiger partial charge in [0.05, 0.1) is 10.0 Å². The van der Waals surface area contributed by atoms with E-state index in [-0.39, 0.29) is 11.9 Å². The van der Waals surface area contributed by atoms with E-state index < -0.39 is 0 Å². The van der Waals surface area contributed by atoms with Crippen LogP contribution in [0.4, 0.5) is 5.69 Å². The van der Waals surface area contributed by atoms with Crippen molar-refractivity contribution in [2.45, 2.75) is 37.8 Å². The van der Waals surface area contributed by atoms with Gasteiger partial charge < -0.3 is 11.1 Å². The number of hydrogen-bond donors (Lipinski definition) is 2. The van der Waals surface area contributed by atoms with Crippen LogP contribution in [0.1, 0.15) is 36.0 Å². The molecule has 5 heteroatoms. The number of halogens is 1. The standard InChI is InChI=1S/C15H20BrN3O/c16-14-10(4-3-5-11(14)17)15(20)18-12-7-9-19-8-2-1-6-13(12)19/h3-5,12-13H,1-2,6-9,17H2,(H,18,20). The predicted octanol–water partition coefficient (Wildman–Crippen LogP) is 2.39. The van der Waals surface area contributed by atoms with Crippen LogP contribution in [0.3, 0.4) is 0 Å². The third-order valence-electron chi connectivity index (χ3n) is 4.45. The summed E-state index contributed by atoms with van der Waals surface area (Å²) in [6.07, 6.45) is 4.81. The lowest BCUT2D eigenvalue weighted by atomic mass is 9.99. The van der Waals surface area contributed by atoms with E-state index in [0.717, 1.165) is 13.0 Å². The predicted molar refractivity (Wildman–Crippen MR) is 83.6 cm³/mol. The number of carbonyl (C=O) groups is 1. The van der Waals surface area contributed by atoms with Gasteiger partial charge in [-0.2, -0.15) is 0 Å². The lowest BCUT2D eigenvalue weighted by Crippen LogP contribution is -2.46.